The van der Waals surface area contributed by atoms with E-state index < -0.39 is 11.5 Å². The van der Waals surface area contributed by atoms with Crippen molar-refractivity contribution in [3.8, 4) is 5.75 Å². The van der Waals surface area contributed by atoms with Crippen molar-refractivity contribution in [3.63, 3.8) is 0 Å². The van der Waals surface area contributed by atoms with Gasteiger partial charge < -0.3 is 15.0 Å². The number of amides is 2. The number of para-hydroxylation sites is 1. The number of aromatic nitrogens is 3. The zero-order valence-electron chi connectivity index (χ0n) is 16.7. The molecule has 152 valence electrons. The number of rotatable bonds is 3. The summed E-state index contributed by atoms with van der Waals surface area (Å²) in [6, 6.07) is 14.7. The fourth-order valence-corrected chi connectivity index (χ4v) is 4.80. The Morgan fingerprint density at radius 3 is 2.80 bits per heavy atom. The first-order valence-corrected chi connectivity index (χ1v) is 9.79. The van der Waals surface area contributed by atoms with E-state index in [2.05, 4.69) is 20.7 Å². The minimum atomic E-state index is -0.879. The van der Waals surface area contributed by atoms with Crippen LogP contribution in [0.1, 0.15) is 39.8 Å². The molecule has 2 aliphatic heterocycles. The first kappa shape index (κ1) is 18.4. The maximum Gasteiger partial charge on any atom is 0.276 e. The Bertz CT molecular complexity index is 1160. The zero-order chi connectivity index (χ0) is 20.9. The lowest BCUT2D eigenvalue weighted by Gasteiger charge is -2.34. The molecule has 2 N–H and O–H groups in total. The van der Waals surface area contributed by atoms with Crippen LogP contribution in [-0.2, 0) is 10.2 Å². The second-order valence-corrected chi connectivity index (χ2v) is 7.66. The number of likely N-dealkylation sites (tertiary alicyclic amines) is 1. The maximum absolute atomic E-state index is 13.5. The van der Waals surface area contributed by atoms with E-state index in [1.807, 2.05) is 48.5 Å². The number of fused-ring (bicyclic) bond motifs is 2. The van der Waals surface area contributed by atoms with Crippen molar-refractivity contribution >= 4 is 17.5 Å². The summed E-state index contributed by atoms with van der Waals surface area (Å²) in [7, 11) is 1.60. The van der Waals surface area contributed by atoms with Gasteiger partial charge in [-0.2, -0.15) is 15.4 Å². The number of methoxy groups -OCH3 is 1. The Labute approximate surface area is 173 Å². The molecule has 0 aliphatic carbocycles. The number of aryl methyl sites for hydroxylation is 1. The maximum atomic E-state index is 13.5. The molecule has 1 saturated heterocycles. The van der Waals surface area contributed by atoms with Crippen LogP contribution < -0.4 is 10.1 Å². The van der Waals surface area contributed by atoms with Gasteiger partial charge in [0.1, 0.15) is 11.2 Å². The third kappa shape index (κ3) is 2.46. The molecule has 3 heterocycles. The van der Waals surface area contributed by atoms with Crippen LogP contribution in [0.15, 0.2) is 48.5 Å². The summed E-state index contributed by atoms with van der Waals surface area (Å²) in [5.41, 5.74) is 2.47. The topological polar surface area (TPSA) is 100 Å². The van der Waals surface area contributed by atoms with E-state index in [0.29, 0.717) is 24.4 Å². The minimum absolute atomic E-state index is 0.0938. The number of hydrogen-bond acceptors (Lipinski definition) is 5. The monoisotopic (exact) mass is 403 g/mol. The van der Waals surface area contributed by atoms with Gasteiger partial charge >= 0.3 is 0 Å². The van der Waals surface area contributed by atoms with Gasteiger partial charge in [-0.05, 0) is 42.7 Å². The Kier molecular flexibility index (Phi) is 4.09. The minimum Gasteiger partial charge on any atom is -0.497 e. The molecule has 3 aromatic rings. The van der Waals surface area contributed by atoms with Gasteiger partial charge in [-0.15, -0.1) is 0 Å². The van der Waals surface area contributed by atoms with Gasteiger partial charge in [0.25, 0.3) is 5.91 Å². The average molecular weight is 403 g/mol. The summed E-state index contributed by atoms with van der Waals surface area (Å²) < 4.78 is 5.42. The number of ether oxygens (including phenoxy) is 1. The van der Waals surface area contributed by atoms with E-state index in [1.54, 1.807) is 18.9 Å². The van der Waals surface area contributed by atoms with E-state index in [9.17, 15) is 9.59 Å². The van der Waals surface area contributed by atoms with Crippen LogP contribution in [0.2, 0.25) is 0 Å². The van der Waals surface area contributed by atoms with E-state index in [0.717, 1.165) is 16.8 Å². The molecule has 0 bridgehead atoms. The summed E-state index contributed by atoms with van der Waals surface area (Å²) >= 11 is 0. The number of carbonyl (C=O) groups is 2. The molecule has 1 fully saturated rings. The van der Waals surface area contributed by atoms with Crippen molar-refractivity contribution in [1.82, 2.24) is 20.3 Å². The van der Waals surface area contributed by atoms with E-state index in [1.165, 1.54) is 0 Å². The largest absolute Gasteiger partial charge is 0.497 e. The van der Waals surface area contributed by atoms with E-state index >= 15 is 0 Å². The van der Waals surface area contributed by atoms with Crippen molar-refractivity contribution < 1.29 is 14.3 Å². The Balaban J connectivity index is 1.70. The van der Waals surface area contributed by atoms with E-state index in [-0.39, 0.29) is 17.5 Å². The van der Waals surface area contributed by atoms with Crippen LogP contribution in [0.25, 0.3) is 0 Å². The second kappa shape index (κ2) is 6.69. The van der Waals surface area contributed by atoms with Crippen molar-refractivity contribution in [3.05, 3.63) is 71.0 Å². The van der Waals surface area contributed by atoms with Crippen LogP contribution in [0.4, 0.5) is 5.69 Å². The lowest BCUT2D eigenvalue weighted by molar-refractivity contribution is -0.121. The van der Waals surface area contributed by atoms with Crippen LogP contribution >= 0.6 is 0 Å². The lowest BCUT2D eigenvalue weighted by Crippen LogP contribution is -2.42. The molecule has 30 heavy (non-hydrogen) atoms. The molecule has 0 radical (unpaired) electrons. The van der Waals surface area contributed by atoms with Gasteiger partial charge in [0.2, 0.25) is 5.91 Å². The molecular weight excluding hydrogens is 382 g/mol. The number of H-pyrrole nitrogens is 1. The SMILES string of the molecule is COc1cccc(C2N(C(=O)c3n[nH]nc3C)CCC23C(=O)Nc2ccccc23)c1. The third-order valence-corrected chi connectivity index (χ3v) is 6.18. The van der Waals surface area contributed by atoms with Crippen LogP contribution in [-0.4, -0.2) is 45.8 Å². The van der Waals surface area contributed by atoms with Gasteiger partial charge in [-0.1, -0.05) is 30.3 Å². The molecular formula is C22H21N5O3. The Morgan fingerprint density at radius 1 is 1.20 bits per heavy atom. The molecule has 8 nitrogen and oxygen atoms in total. The summed E-state index contributed by atoms with van der Waals surface area (Å²) in [6.45, 7) is 2.16. The Hall–Kier alpha value is -3.68. The number of nitrogens with zero attached hydrogens (tertiary/aromatic N) is 3. The number of benzene rings is 2. The molecule has 2 unspecified atom stereocenters. The highest BCUT2D eigenvalue weighted by Crippen LogP contribution is 2.55. The first-order valence-electron chi connectivity index (χ1n) is 9.79. The van der Waals surface area contributed by atoms with Crippen LogP contribution in [0, 0.1) is 6.92 Å². The normalized spacial score (nSPS) is 22.3. The predicted molar refractivity (Wildman–Crippen MR) is 109 cm³/mol. The highest BCUT2D eigenvalue weighted by Gasteiger charge is 2.59. The second-order valence-electron chi connectivity index (χ2n) is 7.66. The van der Waals surface area contributed by atoms with Crippen molar-refractivity contribution in [2.75, 3.05) is 19.0 Å². The molecule has 2 aromatic carbocycles. The van der Waals surface area contributed by atoms with Gasteiger partial charge in [0, 0.05) is 12.2 Å². The quantitative estimate of drug-likeness (QED) is 0.700. The van der Waals surface area contributed by atoms with Crippen molar-refractivity contribution in [2.24, 2.45) is 0 Å². The summed E-state index contributed by atoms with van der Waals surface area (Å²) in [4.78, 5) is 28.6. The molecule has 8 heteroatoms. The van der Waals surface area contributed by atoms with Gasteiger partial charge in [0.05, 0.1) is 18.8 Å². The Morgan fingerprint density at radius 2 is 2.03 bits per heavy atom. The molecule has 2 aliphatic rings. The zero-order valence-corrected chi connectivity index (χ0v) is 16.7. The lowest BCUT2D eigenvalue weighted by atomic mass is 9.72. The van der Waals surface area contributed by atoms with Crippen molar-refractivity contribution in [1.29, 1.82) is 0 Å². The number of aromatic amines is 1. The standard InChI is InChI=1S/C22H21N5O3/c1-13-18(25-26-24-13)20(28)27-11-10-22(16-8-3-4-9-17(16)23-21(22)29)19(27)14-6-5-7-15(12-14)30-2/h3-9,12,19H,10-11H2,1-2H3,(H,23,29)(H,24,25,26). The number of hydrogen-bond donors (Lipinski definition) is 2. The molecule has 1 spiro atoms. The average Bonchev–Trinajstić information content (AvgIpc) is 3.45. The smallest absolute Gasteiger partial charge is 0.276 e. The molecule has 2 atom stereocenters. The number of nitrogens with one attached hydrogen (secondary N) is 2. The molecule has 1 aromatic heterocycles. The van der Waals surface area contributed by atoms with Crippen molar-refractivity contribution in [2.45, 2.75) is 24.8 Å². The summed E-state index contributed by atoms with van der Waals surface area (Å²) in [6.07, 6.45) is 0.514. The summed E-state index contributed by atoms with van der Waals surface area (Å²) in [5, 5.41) is 13.6. The number of anilines is 1. The van der Waals surface area contributed by atoms with E-state index in [4.69, 9.17) is 4.74 Å². The number of carbonyl (C=O) groups excluding carboxylic acids is 2. The van der Waals surface area contributed by atoms with Crippen LogP contribution in [0.3, 0.4) is 0 Å². The van der Waals surface area contributed by atoms with Gasteiger partial charge in [-0.3, -0.25) is 9.59 Å². The van der Waals surface area contributed by atoms with Gasteiger partial charge in [-0.25, -0.2) is 0 Å². The predicted octanol–water partition coefficient (Wildman–Crippen LogP) is 2.60. The fourth-order valence-electron chi connectivity index (χ4n) is 4.80. The highest BCUT2D eigenvalue weighted by molar-refractivity contribution is 6.08. The third-order valence-electron chi connectivity index (χ3n) is 6.18. The first-order chi connectivity index (χ1) is 14.6. The highest BCUT2D eigenvalue weighted by atomic mass is 16.5. The molecule has 5 rings (SSSR count). The summed E-state index contributed by atoms with van der Waals surface area (Å²) in [5.74, 6) is 0.332. The fraction of sp³-hybridized carbons (Fsp3) is 0.273. The van der Waals surface area contributed by atoms with Gasteiger partial charge in [0.15, 0.2) is 5.69 Å². The van der Waals surface area contributed by atoms with Crippen LogP contribution in [0.5, 0.6) is 5.75 Å². The molecule has 2 amide bonds. The molecule has 0 saturated carbocycles.